The highest BCUT2D eigenvalue weighted by molar-refractivity contribution is 6.32. The fourth-order valence-corrected chi connectivity index (χ4v) is 6.85. The van der Waals surface area contributed by atoms with Gasteiger partial charge in [-0.05, 0) is 67.7 Å². The van der Waals surface area contributed by atoms with Gasteiger partial charge in [-0.25, -0.2) is 13.2 Å². The van der Waals surface area contributed by atoms with Crippen molar-refractivity contribution in [1.82, 2.24) is 4.90 Å². The maximum Gasteiger partial charge on any atom is 0.235 e. The molecule has 41 heavy (non-hydrogen) atoms. The van der Waals surface area contributed by atoms with E-state index in [2.05, 4.69) is 0 Å². The van der Waals surface area contributed by atoms with E-state index in [1.165, 1.54) is 25.1 Å². The molecule has 10 nitrogen and oxygen atoms in total. The van der Waals surface area contributed by atoms with Crippen LogP contribution in [-0.4, -0.2) is 69.9 Å². The summed E-state index contributed by atoms with van der Waals surface area (Å²) < 4.78 is 42.1. The van der Waals surface area contributed by atoms with Crippen molar-refractivity contribution >= 4 is 29.0 Å². The number of likely N-dealkylation sites (N-methyl/N-ethyl adjacent to an activating group) is 1. The number of hydrogen-bond donors (Lipinski definition) is 4. The van der Waals surface area contributed by atoms with E-state index < -0.39 is 87.6 Å². The monoisotopic (exact) mass is 573 g/mol. The van der Waals surface area contributed by atoms with Gasteiger partial charge in [0.05, 0.1) is 17.5 Å². The van der Waals surface area contributed by atoms with Crippen LogP contribution in [-0.2, 0) is 32.1 Å². The number of rotatable bonds is 4. The van der Waals surface area contributed by atoms with Crippen LogP contribution in [0.5, 0.6) is 5.75 Å². The molecule has 2 aromatic carbocycles. The van der Waals surface area contributed by atoms with Gasteiger partial charge in [0.1, 0.15) is 5.75 Å². The van der Waals surface area contributed by atoms with E-state index in [9.17, 15) is 47.4 Å². The second kappa shape index (κ2) is 9.57. The van der Waals surface area contributed by atoms with Gasteiger partial charge in [0.25, 0.3) is 0 Å². The highest BCUT2D eigenvalue weighted by atomic mass is 19.2. The number of Topliss-reactive ketones (excluding diaryl/α,β-unsaturated/α-hetero) is 4. The van der Waals surface area contributed by atoms with Gasteiger partial charge in [0.2, 0.25) is 5.91 Å². The Morgan fingerprint density at radius 3 is 2.22 bits per heavy atom. The van der Waals surface area contributed by atoms with Crippen molar-refractivity contribution in [2.45, 2.75) is 31.0 Å². The molecule has 6 atom stereocenters. The first-order valence-corrected chi connectivity index (χ1v) is 12.7. The zero-order chi connectivity index (χ0) is 30.3. The quantitative estimate of drug-likeness (QED) is 0.298. The number of nitrogens with zero attached hydrogens (tertiary/aromatic N) is 1. The van der Waals surface area contributed by atoms with Crippen LogP contribution in [0.2, 0.25) is 0 Å². The number of aliphatic hydroxyl groups is 1. The molecule has 3 aliphatic carbocycles. The molecular formula is C28H26F3N3O7. The van der Waals surface area contributed by atoms with E-state index in [1.807, 2.05) is 0 Å². The van der Waals surface area contributed by atoms with E-state index in [0.29, 0.717) is 0 Å². The summed E-state index contributed by atoms with van der Waals surface area (Å²) in [4.78, 5) is 67.8. The third-order valence-electron chi connectivity index (χ3n) is 8.66. The maximum absolute atomic E-state index is 14.2. The summed E-state index contributed by atoms with van der Waals surface area (Å²) in [6.45, 7) is -0.328. The number of fused-ring (bicyclic) bond motifs is 3. The Morgan fingerprint density at radius 1 is 1.07 bits per heavy atom. The van der Waals surface area contributed by atoms with E-state index in [1.54, 1.807) is 0 Å². The molecule has 0 spiro atoms. The van der Waals surface area contributed by atoms with Gasteiger partial charge >= 0.3 is 0 Å². The molecule has 2 unspecified atom stereocenters. The summed E-state index contributed by atoms with van der Waals surface area (Å²) in [5.41, 5.74) is 7.73. The molecule has 5 rings (SSSR count). The van der Waals surface area contributed by atoms with Crippen LogP contribution in [0.25, 0.3) is 11.1 Å². The summed E-state index contributed by atoms with van der Waals surface area (Å²) in [6.07, 6.45) is -0.366. The first kappa shape index (κ1) is 28.6. The number of halogens is 3. The molecule has 2 aromatic rings. The summed E-state index contributed by atoms with van der Waals surface area (Å²) in [5.74, 6) is -17.2. The number of nitrogens with two attached hydrogens (primary N) is 2. The molecule has 2 fully saturated rings. The van der Waals surface area contributed by atoms with E-state index >= 15 is 0 Å². The first-order valence-electron chi connectivity index (χ1n) is 12.7. The minimum Gasteiger partial charge on any atom is -0.507 e. The molecule has 3 aliphatic rings. The lowest BCUT2D eigenvalue weighted by molar-refractivity contribution is -0.181. The summed E-state index contributed by atoms with van der Waals surface area (Å²) in [7, 11) is 2.91. The van der Waals surface area contributed by atoms with Crippen molar-refractivity contribution in [3.8, 4) is 16.9 Å². The molecule has 216 valence electrons. The van der Waals surface area contributed by atoms with Crippen LogP contribution in [0.3, 0.4) is 0 Å². The third-order valence-corrected chi connectivity index (χ3v) is 8.66. The molecule has 2 saturated carbocycles. The largest absolute Gasteiger partial charge is 0.507 e. The summed E-state index contributed by atoms with van der Waals surface area (Å²) in [5, 5.41) is 22.6. The minimum absolute atomic E-state index is 0.0173. The van der Waals surface area contributed by atoms with Crippen LogP contribution in [0, 0.1) is 41.1 Å². The molecule has 0 aromatic heterocycles. The van der Waals surface area contributed by atoms with E-state index in [-0.39, 0.29) is 47.2 Å². The van der Waals surface area contributed by atoms with Gasteiger partial charge in [-0.1, -0.05) is 0 Å². The Hall–Kier alpha value is -3.94. The predicted octanol–water partition coefficient (Wildman–Crippen LogP) is 0.410. The molecular weight excluding hydrogens is 547 g/mol. The number of benzene rings is 2. The number of amides is 1. The van der Waals surface area contributed by atoms with Crippen LogP contribution in [0.4, 0.5) is 13.2 Å². The number of carbonyl (C=O) groups is 5. The SMILES string of the molecule is CN(C)[C@@H]1C(=O)C(C(N)=O)C(=O)[C@@]2(O)C(=O)C3C(=O)c4c(O)c(CN)cc(-c5cc(F)c(F)c(F)c5)c4C[C@H]3C[C@@H]12. The number of hydrogen-bond acceptors (Lipinski definition) is 9. The fourth-order valence-electron chi connectivity index (χ4n) is 6.85. The minimum atomic E-state index is -2.90. The van der Waals surface area contributed by atoms with Crippen LogP contribution >= 0.6 is 0 Å². The van der Waals surface area contributed by atoms with Crippen LogP contribution in [0.15, 0.2) is 18.2 Å². The number of carbonyl (C=O) groups excluding carboxylic acids is 5. The van der Waals surface area contributed by atoms with Gasteiger partial charge in [-0.3, -0.25) is 28.9 Å². The Bertz CT molecular complexity index is 1550. The number of ketones is 4. The molecule has 1 amide bonds. The van der Waals surface area contributed by atoms with Crippen molar-refractivity contribution in [2.75, 3.05) is 14.1 Å². The Morgan fingerprint density at radius 2 is 1.68 bits per heavy atom. The molecule has 0 saturated heterocycles. The second-order valence-corrected chi connectivity index (χ2v) is 11.0. The standard InChI is InChI=1S/C28H26F3N3O7/c1-34(2)21-14-5-10-3-13-12(9-6-15(29)20(31)16(30)7-9)4-11(8-32)22(35)18(13)23(36)17(10)25(38)28(14,41)26(39)19(24(21)37)27(33)40/h4,6-7,10,14,17,19,21,35,41H,3,5,8,32H2,1-2H3,(H2,33,40)/t10-,14-,17?,19?,21-,28-/m0/s1. The molecule has 13 heteroatoms. The number of phenols is 1. The molecule has 0 aliphatic heterocycles. The average molecular weight is 574 g/mol. The lowest BCUT2D eigenvalue weighted by atomic mass is 9.52. The van der Waals surface area contributed by atoms with Gasteiger partial charge < -0.3 is 21.7 Å². The van der Waals surface area contributed by atoms with Crippen LogP contribution < -0.4 is 11.5 Å². The number of primary amides is 1. The van der Waals surface area contributed by atoms with Crippen LogP contribution in [0.1, 0.15) is 27.9 Å². The number of aromatic hydroxyl groups is 1. The normalized spacial score (nSPS) is 29.3. The Balaban J connectivity index is 1.71. The zero-order valence-electron chi connectivity index (χ0n) is 21.9. The topological polar surface area (TPSA) is 181 Å². The van der Waals surface area contributed by atoms with Crippen molar-refractivity contribution in [3.63, 3.8) is 0 Å². The molecule has 6 N–H and O–H groups in total. The summed E-state index contributed by atoms with van der Waals surface area (Å²) >= 11 is 0. The predicted molar refractivity (Wildman–Crippen MR) is 135 cm³/mol. The second-order valence-electron chi connectivity index (χ2n) is 11.0. The number of phenolic OH excluding ortho intramolecular Hbond substituents is 1. The van der Waals surface area contributed by atoms with Crippen molar-refractivity contribution in [1.29, 1.82) is 0 Å². The van der Waals surface area contributed by atoms with Crippen molar-refractivity contribution in [3.05, 3.63) is 52.3 Å². The van der Waals surface area contributed by atoms with Gasteiger partial charge in [-0.2, -0.15) is 0 Å². The van der Waals surface area contributed by atoms with Gasteiger partial charge in [0, 0.05) is 18.0 Å². The zero-order valence-corrected chi connectivity index (χ0v) is 21.9. The maximum atomic E-state index is 14.2. The Kier molecular flexibility index (Phi) is 6.67. The molecule has 0 bridgehead atoms. The first-order chi connectivity index (χ1) is 19.2. The summed E-state index contributed by atoms with van der Waals surface area (Å²) in [6, 6.07) is 1.46. The lowest BCUT2D eigenvalue weighted by Gasteiger charge is -2.52. The van der Waals surface area contributed by atoms with Crippen molar-refractivity contribution in [2.24, 2.45) is 35.1 Å². The molecule has 0 heterocycles. The highest BCUT2D eigenvalue weighted by Gasteiger charge is 2.69. The highest BCUT2D eigenvalue weighted by Crippen LogP contribution is 2.52. The van der Waals surface area contributed by atoms with E-state index in [4.69, 9.17) is 11.5 Å². The fraction of sp³-hybridized carbons (Fsp3) is 0.393. The van der Waals surface area contributed by atoms with E-state index in [0.717, 1.165) is 12.1 Å². The van der Waals surface area contributed by atoms with Crippen molar-refractivity contribution < 1.29 is 47.4 Å². The van der Waals surface area contributed by atoms with Gasteiger partial charge in [0.15, 0.2) is 52.1 Å². The van der Waals surface area contributed by atoms with Gasteiger partial charge in [-0.15, -0.1) is 0 Å². The smallest absolute Gasteiger partial charge is 0.235 e. The molecule has 0 radical (unpaired) electrons. The third kappa shape index (κ3) is 3.86. The lowest BCUT2D eigenvalue weighted by Crippen LogP contribution is -2.74. The Labute approximate surface area is 231 Å². The average Bonchev–Trinajstić information content (AvgIpc) is 2.89.